The molecule has 1 N–H and O–H groups in total. The summed E-state index contributed by atoms with van der Waals surface area (Å²) in [5.41, 5.74) is 2.76. The predicted octanol–water partition coefficient (Wildman–Crippen LogP) is 4.39. The number of rotatable bonds is 6. The molecule has 0 heterocycles. The number of carbonyl (C=O) groups is 2. The second kappa shape index (κ2) is 8.64. The molecule has 4 nitrogen and oxygen atoms in total. The molecule has 0 fully saturated rings. The second-order valence-corrected chi connectivity index (χ2v) is 6.41. The van der Waals surface area contributed by atoms with Crippen molar-refractivity contribution in [1.82, 2.24) is 0 Å². The van der Waals surface area contributed by atoms with Crippen LogP contribution >= 0.6 is 15.9 Å². The number of aryl methyl sites for hydroxylation is 1. The first-order valence-electron chi connectivity index (χ1n) is 7.92. The highest BCUT2D eigenvalue weighted by atomic mass is 79.9. The molecule has 0 bridgehead atoms. The monoisotopic (exact) mass is 388 g/mol. The van der Waals surface area contributed by atoms with Crippen LogP contribution in [-0.2, 0) is 16.0 Å². The summed E-state index contributed by atoms with van der Waals surface area (Å²) in [7, 11) is 0. The van der Waals surface area contributed by atoms with Gasteiger partial charge in [-0.25, -0.2) is 0 Å². The van der Waals surface area contributed by atoms with Gasteiger partial charge < -0.3 is 10.2 Å². The summed E-state index contributed by atoms with van der Waals surface area (Å²) in [6.07, 6.45) is 1.19. The average molecular weight is 389 g/mol. The molecule has 0 aromatic heterocycles. The molecule has 126 valence electrons. The Balaban J connectivity index is 1.97. The number of hydrogen-bond acceptors (Lipinski definition) is 2. The number of anilines is 2. The Bertz CT molecular complexity index is 714. The summed E-state index contributed by atoms with van der Waals surface area (Å²) in [6.45, 7) is 3.95. The fraction of sp³-hybridized carbons (Fsp3) is 0.263. The van der Waals surface area contributed by atoms with Gasteiger partial charge in [-0.05, 0) is 42.3 Å². The van der Waals surface area contributed by atoms with Gasteiger partial charge in [0.2, 0.25) is 11.8 Å². The van der Waals surface area contributed by atoms with Crippen LogP contribution in [0.4, 0.5) is 11.4 Å². The first kappa shape index (κ1) is 18.2. The highest BCUT2D eigenvalue weighted by molar-refractivity contribution is 9.10. The smallest absolute Gasteiger partial charge is 0.226 e. The maximum atomic E-state index is 12.1. The Morgan fingerprint density at radius 2 is 1.83 bits per heavy atom. The van der Waals surface area contributed by atoms with Crippen molar-refractivity contribution < 1.29 is 9.59 Å². The normalized spacial score (nSPS) is 10.3. The van der Waals surface area contributed by atoms with E-state index in [1.165, 1.54) is 12.5 Å². The molecule has 0 aliphatic rings. The van der Waals surface area contributed by atoms with Gasteiger partial charge in [-0.3, -0.25) is 9.59 Å². The molecule has 2 aromatic rings. The van der Waals surface area contributed by atoms with Crippen LogP contribution in [0.3, 0.4) is 0 Å². The third kappa shape index (κ3) is 5.20. The quantitative estimate of drug-likeness (QED) is 0.797. The van der Waals surface area contributed by atoms with Crippen LogP contribution in [-0.4, -0.2) is 18.4 Å². The molecule has 0 aliphatic heterocycles. The maximum absolute atomic E-state index is 12.1. The standard InChI is InChI=1S/C19H21BrN2O2/c1-3-15-7-9-18(10-8-15)22(14(2)23)12-11-19(24)21-17-6-4-5-16(20)13-17/h4-10,13H,3,11-12H2,1-2H3,(H,21,24). The van der Waals surface area contributed by atoms with Crippen molar-refractivity contribution in [2.24, 2.45) is 0 Å². The number of halogens is 1. The number of benzene rings is 2. The summed E-state index contributed by atoms with van der Waals surface area (Å²) >= 11 is 3.37. The SMILES string of the molecule is CCc1ccc(N(CCC(=O)Nc2cccc(Br)c2)C(C)=O)cc1. The first-order chi connectivity index (χ1) is 11.5. The Labute approximate surface area is 151 Å². The number of nitrogens with one attached hydrogen (secondary N) is 1. The number of hydrogen-bond donors (Lipinski definition) is 1. The van der Waals surface area contributed by atoms with Crippen LogP contribution in [0.15, 0.2) is 53.0 Å². The van der Waals surface area contributed by atoms with Gasteiger partial charge in [0, 0.05) is 35.7 Å². The minimum Gasteiger partial charge on any atom is -0.326 e. The zero-order valence-corrected chi connectivity index (χ0v) is 15.5. The lowest BCUT2D eigenvalue weighted by molar-refractivity contribution is -0.117. The van der Waals surface area contributed by atoms with E-state index in [1.807, 2.05) is 48.5 Å². The average Bonchev–Trinajstić information content (AvgIpc) is 2.55. The molecule has 2 rings (SSSR count). The van der Waals surface area contributed by atoms with Crippen molar-refractivity contribution in [3.05, 3.63) is 58.6 Å². The van der Waals surface area contributed by atoms with E-state index in [2.05, 4.69) is 28.2 Å². The summed E-state index contributed by atoms with van der Waals surface area (Å²) in [5.74, 6) is -0.195. The van der Waals surface area contributed by atoms with Gasteiger partial charge in [-0.15, -0.1) is 0 Å². The zero-order valence-electron chi connectivity index (χ0n) is 13.9. The van der Waals surface area contributed by atoms with Crippen molar-refractivity contribution in [3.8, 4) is 0 Å². The molecule has 0 unspecified atom stereocenters. The highest BCUT2D eigenvalue weighted by Gasteiger charge is 2.13. The third-order valence-electron chi connectivity index (χ3n) is 3.71. The molecular formula is C19H21BrN2O2. The van der Waals surface area contributed by atoms with Gasteiger partial charge in [-0.1, -0.05) is 41.1 Å². The Morgan fingerprint density at radius 3 is 2.42 bits per heavy atom. The highest BCUT2D eigenvalue weighted by Crippen LogP contribution is 2.18. The molecule has 5 heteroatoms. The maximum Gasteiger partial charge on any atom is 0.226 e. The largest absolute Gasteiger partial charge is 0.326 e. The Morgan fingerprint density at radius 1 is 1.12 bits per heavy atom. The Kier molecular flexibility index (Phi) is 6.55. The van der Waals surface area contributed by atoms with Crippen molar-refractivity contribution in [1.29, 1.82) is 0 Å². The van der Waals surface area contributed by atoms with Gasteiger partial charge in [-0.2, -0.15) is 0 Å². The number of nitrogens with zero attached hydrogens (tertiary/aromatic N) is 1. The number of carbonyl (C=O) groups excluding carboxylic acids is 2. The fourth-order valence-electron chi connectivity index (χ4n) is 2.38. The van der Waals surface area contributed by atoms with Crippen LogP contribution in [0, 0.1) is 0 Å². The molecule has 0 saturated heterocycles. The van der Waals surface area contributed by atoms with Crippen LogP contribution in [0.1, 0.15) is 25.8 Å². The van der Waals surface area contributed by atoms with Crippen molar-refractivity contribution in [3.63, 3.8) is 0 Å². The van der Waals surface area contributed by atoms with Gasteiger partial charge in [0.05, 0.1) is 0 Å². The van der Waals surface area contributed by atoms with E-state index in [1.54, 1.807) is 4.90 Å². The van der Waals surface area contributed by atoms with Crippen LogP contribution in [0.5, 0.6) is 0 Å². The molecular weight excluding hydrogens is 368 g/mol. The first-order valence-corrected chi connectivity index (χ1v) is 8.71. The van der Waals surface area contributed by atoms with Crippen LogP contribution in [0.2, 0.25) is 0 Å². The lowest BCUT2D eigenvalue weighted by Gasteiger charge is -2.21. The van der Waals surface area contributed by atoms with Crippen LogP contribution < -0.4 is 10.2 Å². The van der Waals surface area contributed by atoms with Crippen molar-refractivity contribution >= 4 is 39.1 Å². The van der Waals surface area contributed by atoms with E-state index in [-0.39, 0.29) is 18.2 Å². The van der Waals surface area contributed by atoms with E-state index in [0.717, 1.165) is 22.3 Å². The zero-order chi connectivity index (χ0) is 17.5. The summed E-state index contributed by atoms with van der Waals surface area (Å²) in [6, 6.07) is 15.3. The van der Waals surface area contributed by atoms with Crippen molar-refractivity contribution in [2.75, 3.05) is 16.8 Å². The molecule has 0 saturated carbocycles. The predicted molar refractivity (Wildman–Crippen MR) is 101 cm³/mol. The lowest BCUT2D eigenvalue weighted by Crippen LogP contribution is -2.31. The summed E-state index contributed by atoms with van der Waals surface area (Å²) in [5, 5.41) is 2.84. The van der Waals surface area contributed by atoms with E-state index in [4.69, 9.17) is 0 Å². The minimum atomic E-state index is -0.121. The van der Waals surface area contributed by atoms with E-state index in [9.17, 15) is 9.59 Å². The molecule has 24 heavy (non-hydrogen) atoms. The van der Waals surface area contributed by atoms with Gasteiger partial charge >= 0.3 is 0 Å². The lowest BCUT2D eigenvalue weighted by atomic mass is 10.1. The summed E-state index contributed by atoms with van der Waals surface area (Å²) < 4.78 is 0.904. The fourth-order valence-corrected chi connectivity index (χ4v) is 2.78. The van der Waals surface area contributed by atoms with Gasteiger partial charge in [0.15, 0.2) is 0 Å². The Hall–Kier alpha value is -2.14. The van der Waals surface area contributed by atoms with Gasteiger partial charge in [0.1, 0.15) is 0 Å². The van der Waals surface area contributed by atoms with Crippen molar-refractivity contribution in [2.45, 2.75) is 26.7 Å². The minimum absolute atomic E-state index is 0.0745. The third-order valence-corrected chi connectivity index (χ3v) is 4.20. The molecule has 0 spiro atoms. The summed E-state index contributed by atoms with van der Waals surface area (Å²) in [4.78, 5) is 25.6. The number of amides is 2. The van der Waals surface area contributed by atoms with E-state index >= 15 is 0 Å². The van der Waals surface area contributed by atoms with E-state index in [0.29, 0.717) is 6.54 Å². The molecule has 0 atom stereocenters. The van der Waals surface area contributed by atoms with E-state index < -0.39 is 0 Å². The van der Waals surface area contributed by atoms with Gasteiger partial charge in [0.25, 0.3) is 0 Å². The molecule has 2 aromatic carbocycles. The molecule has 2 amide bonds. The molecule has 0 radical (unpaired) electrons. The van der Waals surface area contributed by atoms with Crippen LogP contribution in [0.25, 0.3) is 0 Å². The molecule has 0 aliphatic carbocycles. The topological polar surface area (TPSA) is 49.4 Å². The second-order valence-electron chi connectivity index (χ2n) is 5.50.